The lowest BCUT2D eigenvalue weighted by atomic mass is 10.1. The first-order chi connectivity index (χ1) is 31.1. The molecule has 0 rings (SSSR count). The Morgan fingerprint density at radius 3 is 1.33 bits per heavy atom. The molecule has 0 radical (unpaired) electrons. The number of unbranched alkanes of at least 4 members (excludes halogenated alkanes) is 23. The highest BCUT2D eigenvalue weighted by molar-refractivity contribution is 7.47. The minimum absolute atomic E-state index is 0.139. The van der Waals surface area contributed by atoms with Gasteiger partial charge in [-0.3, -0.25) is 18.6 Å². The molecule has 0 aliphatic rings. The number of carbonyl (C=O) groups excluding carboxylic acids is 2. The predicted molar refractivity (Wildman–Crippen MR) is 263 cm³/mol. The first-order valence-electron chi connectivity index (χ1n) is 25.3. The van der Waals surface area contributed by atoms with E-state index in [2.05, 4.69) is 79.9 Å². The number of phosphoric acid groups is 1. The zero-order valence-electron chi connectivity index (χ0n) is 40.3. The number of carbonyl (C=O) groups is 3. The summed E-state index contributed by atoms with van der Waals surface area (Å²) in [6, 6.07) is -1.55. The van der Waals surface area contributed by atoms with Gasteiger partial charge in [0.2, 0.25) is 5.91 Å². The van der Waals surface area contributed by atoms with Crippen molar-refractivity contribution in [2.45, 2.75) is 231 Å². The van der Waals surface area contributed by atoms with Crippen LogP contribution in [0, 0.1) is 0 Å². The Kier molecular flexibility index (Phi) is 44.6. The fourth-order valence-electron chi connectivity index (χ4n) is 6.82. The molecule has 0 bridgehead atoms. The van der Waals surface area contributed by atoms with Crippen LogP contribution in [0.25, 0.3) is 0 Å². The molecule has 0 aliphatic heterocycles. The molecule has 1 amide bonds. The fourth-order valence-corrected chi connectivity index (χ4v) is 7.60. The number of phosphoric ester groups is 1. The number of carboxylic acid groups (broad SMARTS) is 1. The monoisotopic (exact) mass is 922 g/mol. The summed E-state index contributed by atoms with van der Waals surface area (Å²) in [4.78, 5) is 46.1. The summed E-state index contributed by atoms with van der Waals surface area (Å²) in [5, 5.41) is 21.9. The molecule has 4 N–H and O–H groups in total. The summed E-state index contributed by atoms with van der Waals surface area (Å²) in [6.07, 6.45) is 55.2. The summed E-state index contributed by atoms with van der Waals surface area (Å²) in [6.45, 7) is 2.56. The molecule has 3 unspecified atom stereocenters. The van der Waals surface area contributed by atoms with Crippen LogP contribution >= 0.6 is 7.82 Å². The maximum absolute atomic E-state index is 12.3. The van der Waals surface area contributed by atoms with Gasteiger partial charge in [-0.15, -0.1) is 0 Å². The molecule has 0 saturated carbocycles. The zero-order chi connectivity index (χ0) is 47.0. The number of rotatable bonds is 47. The molecule has 370 valence electrons. The summed E-state index contributed by atoms with van der Waals surface area (Å²) < 4.78 is 26.9. The topological polar surface area (TPSA) is 169 Å². The third-order valence-electron chi connectivity index (χ3n) is 10.8. The molecule has 0 aliphatic carbocycles. The molecule has 0 aromatic rings. The van der Waals surface area contributed by atoms with E-state index in [0.29, 0.717) is 12.8 Å². The Labute approximate surface area is 389 Å². The highest BCUT2D eigenvalue weighted by atomic mass is 31.2. The molecule has 0 aromatic heterocycles. The Hall–Kier alpha value is -2.82. The third-order valence-corrected chi connectivity index (χ3v) is 11.7. The van der Waals surface area contributed by atoms with Gasteiger partial charge in [-0.05, 0) is 83.5 Å². The maximum Gasteiger partial charge on any atom is 0.472 e. The van der Waals surface area contributed by atoms with E-state index in [1.165, 1.54) is 96.3 Å². The Morgan fingerprint density at radius 1 is 0.500 bits per heavy atom. The highest BCUT2D eigenvalue weighted by Crippen LogP contribution is 2.43. The molecular weight excluding hydrogens is 830 g/mol. The lowest BCUT2D eigenvalue weighted by Crippen LogP contribution is -2.43. The summed E-state index contributed by atoms with van der Waals surface area (Å²) in [7, 11) is -4.77. The predicted octanol–water partition coefficient (Wildman–Crippen LogP) is 13.9. The maximum atomic E-state index is 12.3. The Bertz CT molecular complexity index is 1310. The molecule has 0 saturated heterocycles. The van der Waals surface area contributed by atoms with E-state index < -0.39 is 57.6 Å². The van der Waals surface area contributed by atoms with Crippen LogP contribution in [0.4, 0.5) is 0 Å². The van der Waals surface area contributed by atoms with E-state index in [4.69, 9.17) is 13.8 Å². The lowest BCUT2D eigenvalue weighted by molar-refractivity contribution is -0.147. The SMILES string of the molecule is CCCCC/C=C\C/C=C\C/C=C\C/C=C\CCCCCCCCCC(=O)OCC(O)COP(=O)(O)OCC(NC(=O)CCCCCCCCC/C=C\CCCCCCCC)C(=O)O. The van der Waals surface area contributed by atoms with Crippen molar-refractivity contribution < 1.29 is 47.8 Å². The second-order valence-electron chi connectivity index (χ2n) is 17.0. The van der Waals surface area contributed by atoms with Gasteiger partial charge in [0.15, 0.2) is 6.04 Å². The molecule has 0 fully saturated rings. The largest absolute Gasteiger partial charge is 0.480 e. The normalized spacial score (nSPS) is 14.1. The molecule has 0 heterocycles. The molecule has 64 heavy (non-hydrogen) atoms. The molecule has 0 spiro atoms. The minimum atomic E-state index is -4.77. The van der Waals surface area contributed by atoms with E-state index in [1.54, 1.807) is 0 Å². The molecular formula is C52H92NO10P. The number of aliphatic carboxylic acids is 1. The van der Waals surface area contributed by atoms with Crippen molar-refractivity contribution in [3.05, 3.63) is 60.8 Å². The Morgan fingerprint density at radius 2 is 0.859 bits per heavy atom. The lowest BCUT2D eigenvalue weighted by Gasteiger charge is -2.18. The first kappa shape index (κ1) is 61.2. The van der Waals surface area contributed by atoms with Crippen LogP contribution in [-0.4, -0.2) is 64.9 Å². The number of esters is 1. The van der Waals surface area contributed by atoms with Crippen molar-refractivity contribution in [1.29, 1.82) is 0 Å². The number of allylic oxidation sites excluding steroid dienone is 10. The van der Waals surface area contributed by atoms with E-state index in [-0.39, 0.29) is 12.8 Å². The summed E-state index contributed by atoms with van der Waals surface area (Å²) in [5.41, 5.74) is 0. The van der Waals surface area contributed by atoms with Crippen LogP contribution in [0.1, 0.15) is 219 Å². The minimum Gasteiger partial charge on any atom is -0.480 e. The zero-order valence-corrected chi connectivity index (χ0v) is 41.2. The Balaban J connectivity index is 3.86. The van der Waals surface area contributed by atoms with Gasteiger partial charge in [-0.2, -0.15) is 0 Å². The van der Waals surface area contributed by atoms with Crippen molar-refractivity contribution in [1.82, 2.24) is 5.32 Å². The quantitative estimate of drug-likeness (QED) is 0.0199. The first-order valence-corrected chi connectivity index (χ1v) is 26.8. The number of hydrogen-bond donors (Lipinski definition) is 4. The van der Waals surface area contributed by atoms with Gasteiger partial charge < -0.3 is 25.2 Å². The van der Waals surface area contributed by atoms with Gasteiger partial charge in [0.05, 0.1) is 13.2 Å². The molecule has 3 atom stereocenters. The molecule has 0 aromatic carbocycles. The van der Waals surface area contributed by atoms with Crippen LogP contribution in [0.2, 0.25) is 0 Å². The van der Waals surface area contributed by atoms with E-state index in [9.17, 15) is 34.1 Å². The van der Waals surface area contributed by atoms with Crippen molar-refractivity contribution in [2.75, 3.05) is 19.8 Å². The van der Waals surface area contributed by atoms with Gasteiger partial charge >= 0.3 is 19.8 Å². The van der Waals surface area contributed by atoms with Crippen LogP contribution < -0.4 is 5.32 Å². The number of hydrogen-bond acceptors (Lipinski definition) is 8. The van der Waals surface area contributed by atoms with Crippen LogP contribution in [0.3, 0.4) is 0 Å². The summed E-state index contributed by atoms with van der Waals surface area (Å²) in [5.74, 6) is -2.39. The van der Waals surface area contributed by atoms with E-state index in [0.717, 1.165) is 83.5 Å². The van der Waals surface area contributed by atoms with E-state index in [1.807, 2.05) is 0 Å². The van der Waals surface area contributed by atoms with Gasteiger partial charge in [0.25, 0.3) is 0 Å². The second kappa shape index (κ2) is 46.7. The number of aliphatic hydroxyl groups is 1. The summed E-state index contributed by atoms with van der Waals surface area (Å²) >= 11 is 0. The third kappa shape index (κ3) is 45.7. The average molecular weight is 922 g/mol. The van der Waals surface area contributed by atoms with E-state index >= 15 is 0 Å². The standard InChI is InChI=1S/C52H92NO10P/c1-3-5-7-9-11-13-15-17-19-21-22-23-24-25-26-28-30-32-34-36-38-40-42-44-51(56)61-45-48(54)46-62-64(59,60)63-47-49(52(57)58)53-50(55)43-41-39-37-35-33-31-29-27-20-18-16-14-12-10-8-6-4-2/h11,13,17-20,22-23,25-26,48-49,54H,3-10,12,14-16,21,24,27-47H2,1-2H3,(H,53,55)(H,57,58)(H,59,60)/b13-11-,19-17-,20-18-,23-22-,26-25-. The van der Waals surface area contributed by atoms with Crippen LogP contribution in [0.15, 0.2) is 60.8 Å². The van der Waals surface area contributed by atoms with Crippen molar-refractivity contribution in [3.63, 3.8) is 0 Å². The second-order valence-corrected chi connectivity index (χ2v) is 18.5. The van der Waals surface area contributed by atoms with Crippen LogP contribution in [0.5, 0.6) is 0 Å². The van der Waals surface area contributed by atoms with Gasteiger partial charge in [0.1, 0.15) is 12.7 Å². The number of aliphatic hydroxyl groups excluding tert-OH is 1. The van der Waals surface area contributed by atoms with Crippen molar-refractivity contribution in [2.24, 2.45) is 0 Å². The van der Waals surface area contributed by atoms with Crippen molar-refractivity contribution in [3.8, 4) is 0 Å². The molecule has 12 heteroatoms. The smallest absolute Gasteiger partial charge is 0.472 e. The fraction of sp³-hybridized carbons (Fsp3) is 0.750. The van der Waals surface area contributed by atoms with Crippen LogP contribution in [-0.2, 0) is 32.7 Å². The van der Waals surface area contributed by atoms with Gasteiger partial charge in [-0.25, -0.2) is 9.36 Å². The van der Waals surface area contributed by atoms with Gasteiger partial charge in [-0.1, -0.05) is 184 Å². The number of amides is 1. The molecule has 11 nitrogen and oxygen atoms in total. The number of nitrogens with one attached hydrogen (secondary N) is 1. The average Bonchev–Trinajstić information content (AvgIpc) is 3.27. The number of ether oxygens (including phenoxy) is 1. The highest BCUT2D eigenvalue weighted by Gasteiger charge is 2.28. The van der Waals surface area contributed by atoms with Gasteiger partial charge in [0, 0.05) is 12.8 Å². The van der Waals surface area contributed by atoms with Crippen molar-refractivity contribution >= 4 is 25.7 Å². The number of carboxylic acids is 1.